The Morgan fingerprint density at radius 2 is 1.95 bits per heavy atom. The van der Waals surface area contributed by atoms with Crippen LogP contribution in [-0.4, -0.2) is 36.1 Å². The second-order valence-electron chi connectivity index (χ2n) is 5.92. The summed E-state index contributed by atoms with van der Waals surface area (Å²) in [5.41, 5.74) is 6.50. The van der Waals surface area contributed by atoms with Gasteiger partial charge in [0.2, 0.25) is 0 Å². The van der Waals surface area contributed by atoms with Crippen LogP contribution in [0, 0.1) is 0 Å². The molecule has 1 aliphatic rings. The van der Waals surface area contributed by atoms with Crippen molar-refractivity contribution in [3.05, 3.63) is 29.8 Å². The summed E-state index contributed by atoms with van der Waals surface area (Å²) in [5, 5.41) is 2.84. The maximum Gasteiger partial charge on any atom is 0.258 e. The number of nitrogens with two attached hydrogens (primary N) is 1. The Kier molecular flexibility index (Phi) is 6.47. The average molecular weight is 341 g/mol. The average Bonchev–Trinajstić information content (AvgIpc) is 2.54. The van der Waals surface area contributed by atoms with Crippen molar-refractivity contribution in [1.29, 1.82) is 0 Å². The first-order chi connectivity index (χ1) is 10.5. The standard InChI is InChI=1S/C16H24N2O2S2/c1-16(2,11-17)18-14(19)10-20-13-6-4-12(5-7-13)15-21-8-3-9-22-15/h4-7,15H,3,8-11,17H2,1-2H3,(H,18,19). The Morgan fingerprint density at radius 3 is 2.55 bits per heavy atom. The monoisotopic (exact) mass is 340 g/mol. The molecule has 6 heteroatoms. The van der Waals surface area contributed by atoms with Gasteiger partial charge in [-0.15, -0.1) is 23.5 Å². The number of hydrogen-bond acceptors (Lipinski definition) is 5. The minimum Gasteiger partial charge on any atom is -0.484 e. The van der Waals surface area contributed by atoms with Crippen LogP contribution in [0.1, 0.15) is 30.4 Å². The van der Waals surface area contributed by atoms with Gasteiger partial charge in [0.25, 0.3) is 5.91 Å². The fourth-order valence-corrected chi connectivity index (χ4v) is 4.91. The second-order valence-corrected chi connectivity index (χ2v) is 8.65. The minimum absolute atomic E-state index is 0.00963. The van der Waals surface area contributed by atoms with E-state index in [1.54, 1.807) is 0 Å². The molecule has 2 rings (SSSR count). The molecular weight excluding hydrogens is 316 g/mol. The minimum atomic E-state index is -0.403. The third-order valence-electron chi connectivity index (χ3n) is 3.34. The van der Waals surface area contributed by atoms with Crippen molar-refractivity contribution >= 4 is 29.4 Å². The van der Waals surface area contributed by atoms with E-state index in [1.807, 2.05) is 49.5 Å². The Labute approximate surface area is 140 Å². The molecule has 0 unspecified atom stereocenters. The summed E-state index contributed by atoms with van der Waals surface area (Å²) in [6.45, 7) is 4.18. The zero-order chi connectivity index (χ0) is 16.0. The lowest BCUT2D eigenvalue weighted by atomic mass is 10.1. The number of hydrogen-bond donors (Lipinski definition) is 2. The topological polar surface area (TPSA) is 64.3 Å². The molecule has 0 bridgehead atoms. The number of thioether (sulfide) groups is 2. The number of rotatable bonds is 6. The largest absolute Gasteiger partial charge is 0.484 e. The van der Waals surface area contributed by atoms with E-state index in [0.29, 0.717) is 11.1 Å². The van der Waals surface area contributed by atoms with Crippen molar-refractivity contribution in [3.8, 4) is 5.75 Å². The highest BCUT2D eigenvalue weighted by Crippen LogP contribution is 2.43. The maximum absolute atomic E-state index is 11.8. The zero-order valence-electron chi connectivity index (χ0n) is 13.1. The van der Waals surface area contributed by atoms with Crippen molar-refractivity contribution in [3.63, 3.8) is 0 Å². The molecule has 1 aromatic rings. The number of carbonyl (C=O) groups is 1. The second kappa shape index (κ2) is 8.13. The molecule has 0 aromatic heterocycles. The number of nitrogens with one attached hydrogen (secondary N) is 1. The van der Waals surface area contributed by atoms with Crippen LogP contribution in [0.5, 0.6) is 5.75 Å². The Balaban J connectivity index is 1.82. The SMILES string of the molecule is CC(C)(CN)NC(=O)COc1ccc(C2SCCCS2)cc1. The summed E-state index contributed by atoms with van der Waals surface area (Å²) >= 11 is 3.99. The summed E-state index contributed by atoms with van der Waals surface area (Å²) in [4.78, 5) is 11.8. The summed E-state index contributed by atoms with van der Waals surface area (Å²) < 4.78 is 6.06. The predicted octanol–water partition coefficient (Wildman–Crippen LogP) is 2.79. The Hall–Kier alpha value is -0.850. The van der Waals surface area contributed by atoms with E-state index < -0.39 is 5.54 Å². The van der Waals surface area contributed by atoms with Gasteiger partial charge in [-0.05, 0) is 49.5 Å². The van der Waals surface area contributed by atoms with Gasteiger partial charge >= 0.3 is 0 Å². The van der Waals surface area contributed by atoms with Crippen LogP contribution in [0.15, 0.2) is 24.3 Å². The summed E-state index contributed by atoms with van der Waals surface area (Å²) in [6, 6.07) is 8.05. The normalized spacial score (nSPS) is 16.3. The molecule has 1 fully saturated rings. The smallest absolute Gasteiger partial charge is 0.258 e. The fraction of sp³-hybridized carbons (Fsp3) is 0.562. The molecule has 0 aliphatic carbocycles. The van der Waals surface area contributed by atoms with Crippen molar-refractivity contribution < 1.29 is 9.53 Å². The van der Waals surface area contributed by atoms with Crippen LogP contribution in [-0.2, 0) is 4.79 Å². The Morgan fingerprint density at radius 1 is 1.32 bits per heavy atom. The number of carbonyl (C=O) groups excluding carboxylic acids is 1. The van der Waals surface area contributed by atoms with Gasteiger partial charge in [0, 0.05) is 12.1 Å². The third kappa shape index (κ3) is 5.41. The van der Waals surface area contributed by atoms with Gasteiger partial charge in [-0.2, -0.15) is 0 Å². The van der Waals surface area contributed by atoms with E-state index in [2.05, 4.69) is 17.4 Å². The van der Waals surface area contributed by atoms with Crippen LogP contribution in [0.3, 0.4) is 0 Å². The zero-order valence-corrected chi connectivity index (χ0v) is 14.8. The molecule has 0 spiro atoms. The van der Waals surface area contributed by atoms with Crippen molar-refractivity contribution in [2.24, 2.45) is 5.73 Å². The van der Waals surface area contributed by atoms with Crippen LogP contribution in [0.2, 0.25) is 0 Å². The van der Waals surface area contributed by atoms with Crippen LogP contribution < -0.4 is 15.8 Å². The van der Waals surface area contributed by atoms with E-state index in [-0.39, 0.29) is 12.5 Å². The van der Waals surface area contributed by atoms with E-state index in [1.165, 1.54) is 23.5 Å². The van der Waals surface area contributed by atoms with Gasteiger partial charge in [-0.25, -0.2) is 0 Å². The molecule has 0 radical (unpaired) electrons. The highest BCUT2D eigenvalue weighted by atomic mass is 32.2. The molecule has 0 saturated carbocycles. The van der Waals surface area contributed by atoms with Gasteiger partial charge in [0.1, 0.15) is 5.75 Å². The van der Waals surface area contributed by atoms with Crippen molar-refractivity contribution in [2.75, 3.05) is 24.7 Å². The number of amides is 1. The lowest BCUT2D eigenvalue weighted by Gasteiger charge is -2.24. The molecular formula is C16H24N2O2S2. The first-order valence-corrected chi connectivity index (χ1v) is 9.57. The number of benzene rings is 1. The Bertz CT molecular complexity index is 485. The molecule has 1 aromatic carbocycles. The molecule has 3 N–H and O–H groups in total. The molecule has 1 aliphatic heterocycles. The molecule has 4 nitrogen and oxygen atoms in total. The van der Waals surface area contributed by atoms with Gasteiger partial charge < -0.3 is 15.8 Å². The van der Waals surface area contributed by atoms with Crippen LogP contribution in [0.25, 0.3) is 0 Å². The quantitative estimate of drug-likeness (QED) is 0.834. The highest BCUT2D eigenvalue weighted by molar-refractivity contribution is 8.16. The fourth-order valence-electron chi connectivity index (χ4n) is 2.01. The molecule has 122 valence electrons. The number of ether oxygens (including phenoxy) is 1. The van der Waals surface area contributed by atoms with E-state index in [4.69, 9.17) is 10.5 Å². The molecule has 1 saturated heterocycles. The van der Waals surface area contributed by atoms with Crippen molar-refractivity contribution in [1.82, 2.24) is 5.32 Å². The van der Waals surface area contributed by atoms with E-state index >= 15 is 0 Å². The van der Waals surface area contributed by atoms with Crippen LogP contribution in [0.4, 0.5) is 0 Å². The van der Waals surface area contributed by atoms with Crippen LogP contribution >= 0.6 is 23.5 Å². The molecule has 1 heterocycles. The van der Waals surface area contributed by atoms with Crippen molar-refractivity contribution in [2.45, 2.75) is 30.4 Å². The predicted molar refractivity (Wildman–Crippen MR) is 95.5 cm³/mol. The lowest BCUT2D eigenvalue weighted by molar-refractivity contribution is -0.124. The lowest BCUT2D eigenvalue weighted by Crippen LogP contribution is -2.50. The summed E-state index contributed by atoms with van der Waals surface area (Å²) in [6.07, 6.45) is 1.29. The molecule has 22 heavy (non-hydrogen) atoms. The van der Waals surface area contributed by atoms with Gasteiger partial charge in [0.15, 0.2) is 6.61 Å². The highest BCUT2D eigenvalue weighted by Gasteiger charge is 2.19. The summed E-state index contributed by atoms with van der Waals surface area (Å²) in [5.74, 6) is 3.02. The van der Waals surface area contributed by atoms with Gasteiger partial charge in [-0.1, -0.05) is 12.1 Å². The molecule has 0 atom stereocenters. The maximum atomic E-state index is 11.8. The van der Waals surface area contributed by atoms with Gasteiger partial charge in [-0.3, -0.25) is 4.79 Å². The van der Waals surface area contributed by atoms with Gasteiger partial charge in [0.05, 0.1) is 4.58 Å². The molecule has 1 amide bonds. The summed E-state index contributed by atoms with van der Waals surface area (Å²) in [7, 11) is 0. The first-order valence-electron chi connectivity index (χ1n) is 7.47. The third-order valence-corrected chi connectivity index (χ3v) is 6.35. The van der Waals surface area contributed by atoms with E-state index in [9.17, 15) is 4.79 Å². The van der Waals surface area contributed by atoms with E-state index in [0.717, 1.165) is 5.75 Å². The first kappa shape index (κ1) is 17.5.